The standard InChI is InChI=1S/C13H25N3O/c1-10(2)13(9-17-5)14-6-12-7-15-16(8-12)11(3)4/h7-8,10-11,13-14H,6,9H2,1-5H3. The van der Waals surface area contributed by atoms with Crippen LogP contribution < -0.4 is 5.32 Å². The quantitative estimate of drug-likeness (QED) is 0.793. The predicted molar refractivity (Wildman–Crippen MR) is 70.0 cm³/mol. The maximum atomic E-state index is 5.21. The number of hydrogen-bond donors (Lipinski definition) is 1. The van der Waals surface area contributed by atoms with Gasteiger partial charge < -0.3 is 10.1 Å². The summed E-state index contributed by atoms with van der Waals surface area (Å²) in [6.07, 6.45) is 4.03. The first-order chi connectivity index (χ1) is 8.04. The third-order valence-electron chi connectivity index (χ3n) is 2.90. The van der Waals surface area contributed by atoms with Crippen molar-refractivity contribution in [1.29, 1.82) is 0 Å². The van der Waals surface area contributed by atoms with E-state index in [2.05, 4.69) is 44.3 Å². The van der Waals surface area contributed by atoms with Crippen molar-refractivity contribution in [2.45, 2.75) is 46.3 Å². The second-order valence-corrected chi connectivity index (χ2v) is 5.11. The molecule has 0 aliphatic carbocycles. The molecule has 1 N–H and O–H groups in total. The van der Waals surface area contributed by atoms with Crippen molar-refractivity contribution >= 4 is 0 Å². The van der Waals surface area contributed by atoms with Crippen molar-refractivity contribution < 1.29 is 4.74 Å². The summed E-state index contributed by atoms with van der Waals surface area (Å²) in [6, 6.07) is 0.811. The van der Waals surface area contributed by atoms with Crippen LogP contribution in [0.1, 0.15) is 39.3 Å². The van der Waals surface area contributed by atoms with Gasteiger partial charge in [-0.3, -0.25) is 4.68 Å². The maximum Gasteiger partial charge on any atom is 0.0618 e. The van der Waals surface area contributed by atoms with Crippen LogP contribution in [0.15, 0.2) is 12.4 Å². The van der Waals surface area contributed by atoms with Crippen LogP contribution in [0.3, 0.4) is 0 Å². The number of methoxy groups -OCH3 is 1. The highest BCUT2D eigenvalue weighted by molar-refractivity contribution is 5.04. The molecule has 0 amide bonds. The first kappa shape index (κ1) is 14.2. The molecule has 1 heterocycles. The van der Waals surface area contributed by atoms with E-state index < -0.39 is 0 Å². The van der Waals surface area contributed by atoms with Crippen LogP contribution in [-0.4, -0.2) is 29.5 Å². The minimum absolute atomic E-state index is 0.391. The average molecular weight is 239 g/mol. The van der Waals surface area contributed by atoms with Crippen LogP contribution in [0.25, 0.3) is 0 Å². The van der Waals surface area contributed by atoms with E-state index in [1.165, 1.54) is 5.56 Å². The van der Waals surface area contributed by atoms with E-state index in [9.17, 15) is 0 Å². The summed E-state index contributed by atoms with van der Waals surface area (Å²) in [5.74, 6) is 0.565. The summed E-state index contributed by atoms with van der Waals surface area (Å²) < 4.78 is 7.20. The molecule has 98 valence electrons. The van der Waals surface area contributed by atoms with Crippen molar-refractivity contribution in [1.82, 2.24) is 15.1 Å². The topological polar surface area (TPSA) is 39.1 Å². The van der Waals surface area contributed by atoms with Gasteiger partial charge in [0.1, 0.15) is 0 Å². The second kappa shape index (κ2) is 6.77. The van der Waals surface area contributed by atoms with Gasteiger partial charge in [0.25, 0.3) is 0 Å². The molecule has 1 unspecified atom stereocenters. The minimum atomic E-state index is 0.391. The zero-order chi connectivity index (χ0) is 12.8. The monoisotopic (exact) mass is 239 g/mol. The predicted octanol–water partition coefficient (Wildman–Crippen LogP) is 2.22. The lowest BCUT2D eigenvalue weighted by Crippen LogP contribution is -2.37. The Kier molecular flexibility index (Phi) is 5.65. The third-order valence-corrected chi connectivity index (χ3v) is 2.90. The summed E-state index contributed by atoms with van der Waals surface area (Å²) in [4.78, 5) is 0. The number of ether oxygens (including phenoxy) is 1. The van der Waals surface area contributed by atoms with Crippen LogP contribution in [-0.2, 0) is 11.3 Å². The van der Waals surface area contributed by atoms with Gasteiger partial charge in [-0.2, -0.15) is 5.10 Å². The molecule has 0 aliphatic heterocycles. The number of nitrogens with one attached hydrogen (secondary N) is 1. The zero-order valence-corrected chi connectivity index (χ0v) is 11.6. The van der Waals surface area contributed by atoms with E-state index in [0.29, 0.717) is 18.0 Å². The summed E-state index contributed by atoms with van der Waals surface area (Å²) in [6.45, 7) is 10.3. The molecule has 4 nitrogen and oxygen atoms in total. The van der Waals surface area contributed by atoms with E-state index in [1.54, 1.807) is 7.11 Å². The molecule has 1 aromatic rings. The van der Waals surface area contributed by atoms with Gasteiger partial charge in [0.15, 0.2) is 0 Å². The first-order valence-corrected chi connectivity index (χ1v) is 6.30. The zero-order valence-electron chi connectivity index (χ0n) is 11.6. The number of nitrogens with zero attached hydrogens (tertiary/aromatic N) is 2. The van der Waals surface area contributed by atoms with Gasteiger partial charge in [-0.15, -0.1) is 0 Å². The van der Waals surface area contributed by atoms with Gasteiger partial charge in [-0.05, 0) is 19.8 Å². The van der Waals surface area contributed by atoms with Gasteiger partial charge in [-0.25, -0.2) is 0 Å². The average Bonchev–Trinajstić information content (AvgIpc) is 2.72. The Hall–Kier alpha value is -0.870. The number of rotatable bonds is 7. The van der Waals surface area contributed by atoms with Gasteiger partial charge in [0.05, 0.1) is 12.8 Å². The van der Waals surface area contributed by atoms with Crippen molar-refractivity contribution in [2.24, 2.45) is 5.92 Å². The van der Waals surface area contributed by atoms with Crippen LogP contribution in [0.2, 0.25) is 0 Å². The van der Waals surface area contributed by atoms with Crippen molar-refractivity contribution in [3.8, 4) is 0 Å². The van der Waals surface area contributed by atoms with Gasteiger partial charge >= 0.3 is 0 Å². The van der Waals surface area contributed by atoms with Gasteiger partial charge in [0.2, 0.25) is 0 Å². The third kappa shape index (κ3) is 4.48. The maximum absolute atomic E-state index is 5.21. The normalized spacial score (nSPS) is 13.6. The van der Waals surface area contributed by atoms with E-state index in [1.807, 2.05) is 10.9 Å². The number of hydrogen-bond acceptors (Lipinski definition) is 3. The van der Waals surface area contributed by atoms with Crippen molar-refractivity contribution in [3.05, 3.63) is 18.0 Å². The lowest BCUT2D eigenvalue weighted by molar-refractivity contribution is 0.146. The van der Waals surface area contributed by atoms with Gasteiger partial charge in [-0.1, -0.05) is 13.8 Å². The van der Waals surface area contributed by atoms with Crippen molar-refractivity contribution in [2.75, 3.05) is 13.7 Å². The first-order valence-electron chi connectivity index (χ1n) is 6.30. The Balaban J connectivity index is 2.47. The molecule has 0 fully saturated rings. The molecule has 4 heteroatoms. The minimum Gasteiger partial charge on any atom is -0.383 e. The Morgan fingerprint density at radius 3 is 2.53 bits per heavy atom. The molecule has 0 saturated carbocycles. The number of aromatic nitrogens is 2. The molecular weight excluding hydrogens is 214 g/mol. The van der Waals surface area contributed by atoms with E-state index >= 15 is 0 Å². The molecule has 17 heavy (non-hydrogen) atoms. The Morgan fingerprint density at radius 2 is 2.06 bits per heavy atom. The fraction of sp³-hybridized carbons (Fsp3) is 0.769. The smallest absolute Gasteiger partial charge is 0.0618 e. The lowest BCUT2D eigenvalue weighted by Gasteiger charge is -2.21. The fourth-order valence-electron chi connectivity index (χ4n) is 1.67. The van der Waals surface area contributed by atoms with Crippen LogP contribution in [0, 0.1) is 5.92 Å². The molecule has 0 spiro atoms. The molecule has 0 saturated heterocycles. The summed E-state index contributed by atoms with van der Waals surface area (Å²) in [5, 5.41) is 7.84. The summed E-state index contributed by atoms with van der Waals surface area (Å²) in [7, 11) is 1.74. The highest BCUT2D eigenvalue weighted by Crippen LogP contribution is 2.07. The second-order valence-electron chi connectivity index (χ2n) is 5.11. The summed E-state index contributed by atoms with van der Waals surface area (Å²) >= 11 is 0. The van der Waals surface area contributed by atoms with E-state index in [4.69, 9.17) is 4.74 Å². The molecular formula is C13H25N3O. The fourth-order valence-corrected chi connectivity index (χ4v) is 1.67. The Bertz CT molecular complexity index is 320. The molecule has 0 bridgehead atoms. The van der Waals surface area contributed by atoms with Crippen molar-refractivity contribution in [3.63, 3.8) is 0 Å². The van der Waals surface area contributed by atoms with Crippen LogP contribution >= 0.6 is 0 Å². The molecule has 0 radical (unpaired) electrons. The highest BCUT2D eigenvalue weighted by Gasteiger charge is 2.12. The van der Waals surface area contributed by atoms with E-state index in [-0.39, 0.29) is 0 Å². The molecule has 1 atom stereocenters. The Labute approximate surface area is 104 Å². The Morgan fingerprint density at radius 1 is 1.35 bits per heavy atom. The molecule has 1 rings (SSSR count). The molecule has 1 aromatic heterocycles. The van der Waals surface area contributed by atoms with Crippen LogP contribution in [0.4, 0.5) is 0 Å². The molecule has 0 aliphatic rings. The molecule has 0 aromatic carbocycles. The highest BCUT2D eigenvalue weighted by atomic mass is 16.5. The lowest BCUT2D eigenvalue weighted by atomic mass is 10.1. The SMILES string of the molecule is COCC(NCc1cnn(C(C)C)c1)C(C)C. The van der Waals surface area contributed by atoms with Gasteiger partial charge in [0, 0.05) is 37.5 Å². The summed E-state index contributed by atoms with van der Waals surface area (Å²) in [5.41, 5.74) is 1.22. The van der Waals surface area contributed by atoms with Crippen LogP contribution in [0.5, 0.6) is 0 Å². The van der Waals surface area contributed by atoms with E-state index in [0.717, 1.165) is 13.2 Å². The largest absolute Gasteiger partial charge is 0.383 e.